The van der Waals surface area contributed by atoms with E-state index in [1.165, 1.54) is 6.42 Å². The fraction of sp³-hybridized carbons (Fsp3) is 0.455. The normalized spacial score (nSPS) is 17.6. The molecule has 1 saturated heterocycles. The van der Waals surface area contributed by atoms with E-state index < -0.39 is 0 Å². The quantitative estimate of drug-likeness (QED) is 0.655. The van der Waals surface area contributed by atoms with Crippen molar-refractivity contribution in [3.8, 4) is 0 Å². The van der Waals surface area contributed by atoms with Gasteiger partial charge in [0.25, 0.3) is 5.91 Å². The highest BCUT2D eigenvalue weighted by Crippen LogP contribution is 2.29. The topological polar surface area (TPSA) is 51.3 Å². The Labute approximate surface area is 160 Å². The number of amides is 1. The van der Waals surface area contributed by atoms with Crippen molar-refractivity contribution >= 4 is 16.9 Å². The SMILES string of the molecule is CCCCn1ccnc1[C@@H]1CCCN(C(=O)c2cccc3cc(C)oc23)C1. The second-order valence-electron chi connectivity index (χ2n) is 7.50. The van der Waals surface area contributed by atoms with Crippen LogP contribution in [0.1, 0.15) is 60.5 Å². The van der Waals surface area contributed by atoms with Gasteiger partial charge in [0, 0.05) is 43.3 Å². The van der Waals surface area contributed by atoms with Crippen molar-refractivity contribution in [2.45, 2.75) is 52.0 Å². The maximum Gasteiger partial charge on any atom is 0.257 e. The summed E-state index contributed by atoms with van der Waals surface area (Å²) in [6.45, 7) is 6.64. The number of carbonyl (C=O) groups excluding carboxylic acids is 1. The molecule has 0 bridgehead atoms. The Balaban J connectivity index is 1.56. The van der Waals surface area contributed by atoms with Crippen molar-refractivity contribution in [3.05, 3.63) is 53.8 Å². The number of rotatable bonds is 5. The van der Waals surface area contributed by atoms with Crippen LogP contribution in [0.15, 0.2) is 41.1 Å². The average Bonchev–Trinajstić information content (AvgIpc) is 3.31. The molecule has 4 rings (SSSR count). The molecule has 0 unspecified atom stereocenters. The predicted octanol–water partition coefficient (Wildman–Crippen LogP) is 4.76. The second-order valence-corrected chi connectivity index (χ2v) is 7.50. The number of piperidine rings is 1. The minimum atomic E-state index is 0.0614. The molecule has 5 heteroatoms. The van der Waals surface area contributed by atoms with Crippen LogP contribution < -0.4 is 0 Å². The summed E-state index contributed by atoms with van der Waals surface area (Å²) in [4.78, 5) is 19.8. The monoisotopic (exact) mass is 365 g/mol. The molecule has 1 aliphatic rings. The summed E-state index contributed by atoms with van der Waals surface area (Å²) in [6, 6.07) is 7.78. The van der Waals surface area contributed by atoms with Crippen LogP contribution >= 0.6 is 0 Å². The van der Waals surface area contributed by atoms with E-state index >= 15 is 0 Å². The van der Waals surface area contributed by atoms with E-state index in [-0.39, 0.29) is 5.91 Å². The molecule has 1 fully saturated rings. The fourth-order valence-corrected chi connectivity index (χ4v) is 4.10. The van der Waals surface area contributed by atoms with Crippen molar-refractivity contribution in [1.82, 2.24) is 14.5 Å². The summed E-state index contributed by atoms with van der Waals surface area (Å²) in [5, 5.41) is 0.988. The van der Waals surface area contributed by atoms with Crippen LogP contribution in [0.3, 0.4) is 0 Å². The molecule has 27 heavy (non-hydrogen) atoms. The van der Waals surface area contributed by atoms with Crippen LogP contribution in [0, 0.1) is 6.92 Å². The maximum atomic E-state index is 13.2. The summed E-state index contributed by atoms with van der Waals surface area (Å²) in [5.41, 5.74) is 1.36. The van der Waals surface area contributed by atoms with E-state index in [1.807, 2.05) is 42.3 Å². The standard InChI is InChI=1S/C22H27N3O2/c1-3-4-11-24-13-10-23-21(24)18-8-6-12-25(15-18)22(26)19-9-5-7-17-14-16(2)27-20(17)19/h5,7,9-10,13-14,18H,3-4,6,8,11-12,15H2,1-2H3/t18-/m1/s1. The third-order valence-electron chi connectivity index (χ3n) is 5.47. The van der Waals surface area contributed by atoms with Gasteiger partial charge in [-0.15, -0.1) is 0 Å². The molecule has 0 spiro atoms. The molecular weight excluding hydrogens is 338 g/mol. The zero-order chi connectivity index (χ0) is 18.8. The van der Waals surface area contributed by atoms with E-state index in [2.05, 4.69) is 22.7 Å². The smallest absolute Gasteiger partial charge is 0.257 e. The number of furan rings is 1. The number of aryl methyl sites for hydroxylation is 2. The lowest BCUT2D eigenvalue weighted by atomic mass is 9.96. The summed E-state index contributed by atoms with van der Waals surface area (Å²) < 4.78 is 8.07. The van der Waals surface area contributed by atoms with Crippen molar-refractivity contribution in [2.75, 3.05) is 13.1 Å². The molecule has 0 radical (unpaired) electrons. The van der Waals surface area contributed by atoms with Crippen LogP contribution in [-0.4, -0.2) is 33.4 Å². The van der Waals surface area contributed by atoms with Gasteiger partial charge in [-0.2, -0.15) is 0 Å². The first kappa shape index (κ1) is 17.8. The Morgan fingerprint density at radius 2 is 2.26 bits per heavy atom. The highest BCUT2D eigenvalue weighted by atomic mass is 16.3. The van der Waals surface area contributed by atoms with Crippen molar-refractivity contribution in [3.63, 3.8) is 0 Å². The molecule has 0 N–H and O–H groups in total. The number of unbranched alkanes of at least 4 members (excludes halogenated alkanes) is 1. The molecule has 1 aromatic carbocycles. The number of nitrogens with zero attached hydrogens (tertiary/aromatic N) is 3. The van der Waals surface area contributed by atoms with Gasteiger partial charge in [0.05, 0.1) is 5.56 Å². The highest BCUT2D eigenvalue weighted by Gasteiger charge is 2.29. The molecular formula is C22H27N3O2. The van der Waals surface area contributed by atoms with Crippen LogP contribution in [0.4, 0.5) is 0 Å². The van der Waals surface area contributed by atoms with Crippen molar-refractivity contribution in [1.29, 1.82) is 0 Å². The van der Waals surface area contributed by atoms with E-state index in [0.29, 0.717) is 17.1 Å². The Bertz CT molecular complexity index is 940. The molecule has 1 amide bonds. The molecule has 1 atom stereocenters. The number of likely N-dealkylation sites (tertiary alicyclic amines) is 1. The molecule has 3 heterocycles. The van der Waals surface area contributed by atoms with Gasteiger partial charge in [0.2, 0.25) is 0 Å². The first-order valence-electron chi connectivity index (χ1n) is 9.97. The van der Waals surface area contributed by atoms with Gasteiger partial charge in [-0.05, 0) is 38.3 Å². The van der Waals surface area contributed by atoms with Gasteiger partial charge in [-0.25, -0.2) is 4.98 Å². The van der Waals surface area contributed by atoms with Gasteiger partial charge in [0.1, 0.15) is 17.2 Å². The van der Waals surface area contributed by atoms with Gasteiger partial charge in [-0.1, -0.05) is 25.5 Å². The Morgan fingerprint density at radius 3 is 3.11 bits per heavy atom. The van der Waals surface area contributed by atoms with Gasteiger partial charge in [-0.3, -0.25) is 4.79 Å². The molecule has 5 nitrogen and oxygen atoms in total. The van der Waals surface area contributed by atoms with Crippen molar-refractivity contribution < 1.29 is 9.21 Å². The first-order valence-corrected chi connectivity index (χ1v) is 9.97. The number of benzene rings is 1. The predicted molar refractivity (Wildman–Crippen MR) is 106 cm³/mol. The third-order valence-corrected chi connectivity index (χ3v) is 5.47. The molecule has 0 saturated carbocycles. The fourth-order valence-electron chi connectivity index (χ4n) is 4.10. The number of hydrogen-bond donors (Lipinski definition) is 0. The number of para-hydroxylation sites is 1. The molecule has 1 aliphatic heterocycles. The Morgan fingerprint density at radius 1 is 1.37 bits per heavy atom. The Hall–Kier alpha value is -2.56. The minimum absolute atomic E-state index is 0.0614. The summed E-state index contributed by atoms with van der Waals surface area (Å²) in [5.74, 6) is 2.31. The lowest BCUT2D eigenvalue weighted by Gasteiger charge is -2.32. The van der Waals surface area contributed by atoms with Crippen molar-refractivity contribution in [2.24, 2.45) is 0 Å². The molecule has 0 aliphatic carbocycles. The molecule has 142 valence electrons. The van der Waals surface area contributed by atoms with E-state index in [4.69, 9.17) is 4.42 Å². The third kappa shape index (κ3) is 3.51. The van der Waals surface area contributed by atoms with Crippen LogP contribution in [0.25, 0.3) is 11.0 Å². The lowest BCUT2D eigenvalue weighted by Crippen LogP contribution is -2.39. The highest BCUT2D eigenvalue weighted by molar-refractivity contribution is 6.05. The second kappa shape index (κ2) is 7.59. The number of aromatic nitrogens is 2. The van der Waals surface area contributed by atoms with E-state index in [1.54, 1.807) is 0 Å². The first-order chi connectivity index (χ1) is 13.2. The zero-order valence-corrected chi connectivity index (χ0v) is 16.1. The maximum absolute atomic E-state index is 13.2. The average molecular weight is 365 g/mol. The number of imidazole rings is 1. The lowest BCUT2D eigenvalue weighted by molar-refractivity contribution is 0.0704. The van der Waals surface area contributed by atoms with E-state index in [0.717, 1.165) is 55.9 Å². The Kier molecular flexibility index (Phi) is 5.01. The minimum Gasteiger partial charge on any atom is -0.461 e. The van der Waals surface area contributed by atoms with Crippen LogP contribution in [-0.2, 0) is 6.54 Å². The van der Waals surface area contributed by atoms with E-state index in [9.17, 15) is 4.79 Å². The number of hydrogen-bond acceptors (Lipinski definition) is 3. The zero-order valence-electron chi connectivity index (χ0n) is 16.1. The largest absolute Gasteiger partial charge is 0.461 e. The van der Waals surface area contributed by atoms with Gasteiger partial charge in [0.15, 0.2) is 0 Å². The van der Waals surface area contributed by atoms with Crippen LogP contribution in [0.5, 0.6) is 0 Å². The van der Waals surface area contributed by atoms with Gasteiger partial charge >= 0.3 is 0 Å². The molecule has 2 aromatic heterocycles. The number of fused-ring (bicyclic) bond motifs is 1. The summed E-state index contributed by atoms with van der Waals surface area (Å²) >= 11 is 0. The summed E-state index contributed by atoms with van der Waals surface area (Å²) in [6.07, 6.45) is 8.36. The van der Waals surface area contributed by atoms with Gasteiger partial charge < -0.3 is 13.9 Å². The van der Waals surface area contributed by atoms with Crippen LogP contribution in [0.2, 0.25) is 0 Å². The summed E-state index contributed by atoms with van der Waals surface area (Å²) in [7, 11) is 0. The molecule has 3 aromatic rings. The number of carbonyl (C=O) groups is 1.